The van der Waals surface area contributed by atoms with Gasteiger partial charge in [0.1, 0.15) is 18.1 Å². The van der Waals surface area contributed by atoms with Crippen molar-refractivity contribution in [2.24, 2.45) is 0 Å². The number of hydrogen-bond acceptors (Lipinski definition) is 5. The summed E-state index contributed by atoms with van der Waals surface area (Å²) in [7, 11) is -0.673. The monoisotopic (exact) mass is 507 g/mol. The number of fused-ring (bicyclic) bond motifs is 1. The van der Waals surface area contributed by atoms with E-state index in [1.165, 1.54) is 0 Å². The van der Waals surface area contributed by atoms with E-state index in [1.807, 2.05) is 16.7 Å². The maximum Gasteiger partial charge on any atom is 0.335 e. The molecule has 2 aromatic carbocycles. The zero-order chi connectivity index (χ0) is 25.7. The van der Waals surface area contributed by atoms with Gasteiger partial charge in [0, 0.05) is 29.7 Å². The molecular formula is C28H33N3O4S. The van der Waals surface area contributed by atoms with E-state index < -0.39 is 16.0 Å². The van der Waals surface area contributed by atoms with Gasteiger partial charge >= 0.3 is 5.97 Å². The molecule has 8 heteroatoms. The lowest BCUT2D eigenvalue weighted by Gasteiger charge is -2.24. The molecular weight excluding hydrogens is 474 g/mol. The molecule has 2 N–H and O–H groups in total. The number of aromatic carboxylic acids is 1. The summed E-state index contributed by atoms with van der Waals surface area (Å²) < 4.78 is 8.04. The first-order valence-corrected chi connectivity index (χ1v) is 14.9. The lowest BCUT2D eigenvalue weighted by Crippen LogP contribution is -2.11. The van der Waals surface area contributed by atoms with E-state index in [0.717, 1.165) is 39.9 Å². The van der Waals surface area contributed by atoms with Crippen molar-refractivity contribution < 1.29 is 19.7 Å². The minimum absolute atomic E-state index is 0.162. The van der Waals surface area contributed by atoms with E-state index in [4.69, 9.17) is 9.72 Å². The molecule has 190 valence electrons. The fourth-order valence-electron chi connectivity index (χ4n) is 4.00. The van der Waals surface area contributed by atoms with Crippen molar-refractivity contribution in [3.8, 4) is 22.5 Å². The van der Waals surface area contributed by atoms with E-state index in [2.05, 4.69) is 42.0 Å². The number of hydrogen-bond donors (Lipinski definition) is 2. The Balaban J connectivity index is 1.77. The molecule has 2 aromatic heterocycles. The maximum absolute atomic E-state index is 11.3. The average Bonchev–Trinajstić information content (AvgIpc) is 3.23. The lowest BCUT2D eigenvalue weighted by molar-refractivity contribution is 0.0697. The molecule has 0 spiro atoms. The number of aromatic nitrogens is 3. The first kappa shape index (κ1) is 25.9. The predicted molar refractivity (Wildman–Crippen MR) is 147 cm³/mol. The van der Waals surface area contributed by atoms with Crippen LogP contribution < -0.4 is 0 Å². The van der Waals surface area contributed by atoms with Crippen LogP contribution in [0.1, 0.15) is 22.3 Å². The minimum atomic E-state index is -0.965. The number of nitrogens with zero attached hydrogens (tertiary/aromatic N) is 3. The van der Waals surface area contributed by atoms with Crippen molar-refractivity contribution in [2.75, 3.05) is 37.7 Å². The Morgan fingerprint density at radius 3 is 2.53 bits per heavy atom. The number of rotatable bonds is 11. The van der Waals surface area contributed by atoms with Crippen molar-refractivity contribution in [1.82, 2.24) is 14.5 Å². The summed E-state index contributed by atoms with van der Waals surface area (Å²) in [6.07, 6.45) is 10.1. The Bertz CT molecular complexity index is 1340. The number of carboxylic acid groups (broad SMARTS) is 1. The summed E-state index contributed by atoms with van der Waals surface area (Å²) in [4.78, 5) is 21.0. The average molecular weight is 508 g/mol. The summed E-state index contributed by atoms with van der Waals surface area (Å²) in [6.45, 7) is 1.10. The molecule has 0 atom stereocenters. The second-order valence-electron chi connectivity index (χ2n) is 9.64. The molecule has 0 saturated heterocycles. The van der Waals surface area contributed by atoms with Crippen molar-refractivity contribution in [1.29, 1.82) is 0 Å². The molecule has 0 aliphatic carbocycles. The highest BCUT2D eigenvalue weighted by Gasteiger charge is 2.18. The van der Waals surface area contributed by atoms with E-state index in [0.29, 0.717) is 31.2 Å². The standard InChI is InChI=1S/C28H33N3O4S/c1-36(2,3)17-16-35-19-31-26(21-9-11-22(12-10-21)28(33)34)30-25-24(13-14-29-27(25)31)23-8-4-6-20(18-23)7-5-15-32/h4,6,8-14,18,32H,5,7,15-17,19H2,1-3H3,(H,33,34). The zero-order valence-electron chi connectivity index (χ0n) is 21.0. The van der Waals surface area contributed by atoms with E-state index in [1.54, 1.807) is 30.5 Å². The highest BCUT2D eigenvalue weighted by atomic mass is 32.3. The van der Waals surface area contributed by atoms with Gasteiger partial charge < -0.3 is 14.9 Å². The van der Waals surface area contributed by atoms with Gasteiger partial charge in [0.2, 0.25) is 0 Å². The topological polar surface area (TPSA) is 97.5 Å². The van der Waals surface area contributed by atoms with Crippen LogP contribution in [0.3, 0.4) is 0 Å². The molecule has 0 radical (unpaired) electrons. The number of imidazole rings is 1. The molecule has 0 aliphatic heterocycles. The van der Waals surface area contributed by atoms with Gasteiger partial charge in [0.05, 0.1) is 12.2 Å². The molecule has 0 saturated carbocycles. The molecule has 4 rings (SSSR count). The molecule has 7 nitrogen and oxygen atoms in total. The van der Waals surface area contributed by atoms with E-state index >= 15 is 0 Å². The number of aliphatic hydroxyl groups is 1. The first-order valence-electron chi connectivity index (χ1n) is 11.9. The smallest absolute Gasteiger partial charge is 0.335 e. The lowest BCUT2D eigenvalue weighted by atomic mass is 10.0. The summed E-state index contributed by atoms with van der Waals surface area (Å²) >= 11 is 0. The Morgan fingerprint density at radius 2 is 1.83 bits per heavy atom. The van der Waals surface area contributed by atoms with Crippen LogP contribution in [-0.2, 0) is 17.9 Å². The Hall–Kier alpha value is -3.20. The second-order valence-corrected chi connectivity index (χ2v) is 14.2. The molecule has 0 amide bonds. The van der Waals surface area contributed by atoms with Gasteiger partial charge in [-0.25, -0.2) is 24.8 Å². The SMILES string of the molecule is CS(C)(C)CCOCn1c(-c2ccc(C(=O)O)cc2)nc2c(-c3cccc(CCCO)c3)ccnc21. The Morgan fingerprint density at radius 1 is 1.06 bits per heavy atom. The largest absolute Gasteiger partial charge is 0.478 e. The number of carbonyl (C=O) groups is 1. The minimum Gasteiger partial charge on any atom is -0.478 e. The van der Waals surface area contributed by atoms with Gasteiger partial charge in [0.25, 0.3) is 0 Å². The Kier molecular flexibility index (Phi) is 8.08. The number of aliphatic hydroxyl groups excluding tert-OH is 1. The first-order chi connectivity index (χ1) is 17.3. The van der Waals surface area contributed by atoms with Crippen LogP contribution in [0.15, 0.2) is 60.8 Å². The summed E-state index contributed by atoms with van der Waals surface area (Å²) in [5.74, 6) is 0.719. The van der Waals surface area contributed by atoms with Crippen LogP contribution in [0.2, 0.25) is 0 Å². The number of pyridine rings is 1. The Labute approximate surface area is 213 Å². The fraction of sp³-hybridized carbons (Fsp3) is 0.321. The molecule has 0 fully saturated rings. The predicted octanol–water partition coefficient (Wildman–Crippen LogP) is 5.06. The third-order valence-corrected chi connectivity index (χ3v) is 7.34. The van der Waals surface area contributed by atoms with Gasteiger partial charge in [-0.2, -0.15) is 0 Å². The number of carboxylic acids is 1. The van der Waals surface area contributed by atoms with Crippen LogP contribution in [-0.4, -0.2) is 68.5 Å². The van der Waals surface area contributed by atoms with Crippen LogP contribution in [0.4, 0.5) is 0 Å². The van der Waals surface area contributed by atoms with Gasteiger partial charge in [-0.15, -0.1) is 0 Å². The second kappa shape index (κ2) is 11.2. The van der Waals surface area contributed by atoms with E-state index in [9.17, 15) is 15.0 Å². The third kappa shape index (κ3) is 6.13. The van der Waals surface area contributed by atoms with Gasteiger partial charge in [-0.05, 0) is 60.9 Å². The quantitative estimate of drug-likeness (QED) is 0.276. The zero-order valence-corrected chi connectivity index (χ0v) is 21.8. The normalized spacial score (nSPS) is 12.2. The van der Waals surface area contributed by atoms with Crippen molar-refractivity contribution >= 4 is 27.2 Å². The highest BCUT2D eigenvalue weighted by molar-refractivity contribution is 8.32. The van der Waals surface area contributed by atoms with Gasteiger partial charge in [0.15, 0.2) is 5.65 Å². The van der Waals surface area contributed by atoms with E-state index in [-0.39, 0.29) is 12.2 Å². The van der Waals surface area contributed by atoms with Gasteiger partial charge in [-0.3, -0.25) is 4.57 Å². The number of aryl methyl sites for hydroxylation is 1. The van der Waals surface area contributed by atoms with Crippen molar-refractivity contribution in [3.63, 3.8) is 0 Å². The van der Waals surface area contributed by atoms with Crippen molar-refractivity contribution in [2.45, 2.75) is 19.6 Å². The van der Waals surface area contributed by atoms with Crippen LogP contribution in [0, 0.1) is 0 Å². The summed E-state index contributed by atoms with van der Waals surface area (Å²) in [5, 5.41) is 18.5. The molecule has 2 heterocycles. The van der Waals surface area contributed by atoms with Crippen molar-refractivity contribution in [3.05, 3.63) is 71.9 Å². The summed E-state index contributed by atoms with van der Waals surface area (Å²) in [5.41, 5.74) is 5.66. The highest BCUT2D eigenvalue weighted by Crippen LogP contribution is 2.34. The van der Waals surface area contributed by atoms with Crippen LogP contribution in [0.25, 0.3) is 33.7 Å². The molecule has 0 aliphatic rings. The van der Waals surface area contributed by atoms with Crippen LogP contribution >= 0.6 is 10.0 Å². The number of ether oxygens (including phenoxy) is 1. The van der Waals surface area contributed by atoms with Crippen LogP contribution in [0.5, 0.6) is 0 Å². The molecule has 36 heavy (non-hydrogen) atoms. The number of benzene rings is 2. The third-order valence-electron chi connectivity index (χ3n) is 5.95. The maximum atomic E-state index is 11.3. The molecule has 0 unspecified atom stereocenters. The fourth-order valence-corrected chi connectivity index (χ4v) is 4.61. The van der Waals surface area contributed by atoms with Gasteiger partial charge in [-0.1, -0.05) is 36.4 Å². The molecule has 4 aromatic rings. The summed E-state index contributed by atoms with van der Waals surface area (Å²) in [6, 6.07) is 17.0. The molecule has 0 bridgehead atoms.